The van der Waals surface area contributed by atoms with Gasteiger partial charge in [-0.2, -0.15) is 18.4 Å². The smallest absolute Gasteiger partial charge is 0.416 e. The molecule has 0 bridgehead atoms. The van der Waals surface area contributed by atoms with E-state index >= 15 is 0 Å². The van der Waals surface area contributed by atoms with Crippen molar-refractivity contribution in [3.8, 4) is 6.19 Å². The lowest BCUT2D eigenvalue weighted by molar-refractivity contribution is -0.137. The number of aliphatic imine (C=N–C) groups is 1. The minimum atomic E-state index is -4.43. The average Bonchev–Trinajstić information content (AvgIpc) is 3.19. The number of carbonyl (C=O) groups excluding carboxylic acids is 2. The Morgan fingerprint density at radius 3 is 2.80 bits per heavy atom. The van der Waals surface area contributed by atoms with Crippen LogP contribution in [-0.4, -0.2) is 48.3 Å². The SMILES string of the molecule is Cc1cc2cc(NC(=NC3CCCCN(CC(=O)NCCc4cccc(C(F)(F)F)c4)C3=O)NC#N)ccc2o1. The van der Waals surface area contributed by atoms with Crippen LogP contribution in [0.15, 0.2) is 57.9 Å². The topological polar surface area (TPSA) is 123 Å². The number of nitrogens with zero attached hydrogens (tertiary/aromatic N) is 3. The predicted molar refractivity (Wildman–Crippen MR) is 143 cm³/mol. The first-order valence-electron chi connectivity index (χ1n) is 12.8. The van der Waals surface area contributed by atoms with Gasteiger partial charge >= 0.3 is 6.18 Å². The fourth-order valence-electron chi connectivity index (χ4n) is 4.54. The molecule has 2 amide bonds. The van der Waals surface area contributed by atoms with E-state index < -0.39 is 23.7 Å². The molecule has 1 fully saturated rings. The van der Waals surface area contributed by atoms with Gasteiger partial charge in [0.05, 0.1) is 12.1 Å². The van der Waals surface area contributed by atoms with Crippen LogP contribution in [0.3, 0.4) is 0 Å². The van der Waals surface area contributed by atoms with Crippen molar-refractivity contribution < 1.29 is 27.2 Å². The molecule has 1 atom stereocenters. The molecular formula is C28H29F3N6O3. The van der Waals surface area contributed by atoms with E-state index in [1.54, 1.807) is 18.2 Å². The summed E-state index contributed by atoms with van der Waals surface area (Å²) in [5, 5.41) is 18.3. The van der Waals surface area contributed by atoms with E-state index in [2.05, 4.69) is 20.9 Å². The molecule has 1 unspecified atom stereocenters. The monoisotopic (exact) mass is 554 g/mol. The van der Waals surface area contributed by atoms with E-state index in [-0.39, 0.29) is 31.4 Å². The lowest BCUT2D eigenvalue weighted by Gasteiger charge is -2.22. The summed E-state index contributed by atoms with van der Waals surface area (Å²) in [5.41, 5.74) is 1.07. The summed E-state index contributed by atoms with van der Waals surface area (Å²) in [6.07, 6.45) is -0.557. The van der Waals surface area contributed by atoms with E-state index in [4.69, 9.17) is 4.42 Å². The molecule has 40 heavy (non-hydrogen) atoms. The Labute approximate surface area is 229 Å². The van der Waals surface area contributed by atoms with Gasteiger partial charge in [-0.25, -0.2) is 4.99 Å². The van der Waals surface area contributed by atoms with E-state index in [0.717, 1.165) is 28.9 Å². The molecule has 3 aromatic rings. The quantitative estimate of drug-likeness (QED) is 0.173. The van der Waals surface area contributed by atoms with Crippen LogP contribution in [0.5, 0.6) is 0 Å². The van der Waals surface area contributed by atoms with Gasteiger partial charge in [0.2, 0.25) is 17.8 Å². The fraction of sp³-hybridized carbons (Fsp3) is 0.357. The molecule has 0 saturated carbocycles. The molecule has 1 saturated heterocycles. The highest BCUT2D eigenvalue weighted by Gasteiger charge is 2.30. The molecule has 4 rings (SSSR count). The Kier molecular flexibility index (Phi) is 8.93. The molecule has 2 heterocycles. The number of carbonyl (C=O) groups is 2. The Hall–Kier alpha value is -4.53. The highest BCUT2D eigenvalue weighted by molar-refractivity contribution is 5.98. The average molecular weight is 555 g/mol. The van der Waals surface area contributed by atoms with Crippen molar-refractivity contribution in [2.75, 3.05) is 25.0 Å². The standard InChI is InChI=1S/C28H29F3N6O3/c1-18-13-20-15-22(8-9-24(20)40-18)35-27(34-17-32)36-23-7-2-3-12-37(26(23)39)16-25(38)33-11-10-19-5-4-6-21(14-19)28(29,30)31/h4-6,8-9,13-15,23H,2-3,7,10-12,16H2,1H3,(H,33,38)(H2,34,35,36). The number of fused-ring (bicyclic) bond motifs is 1. The highest BCUT2D eigenvalue weighted by atomic mass is 19.4. The van der Waals surface area contributed by atoms with Crippen LogP contribution in [0, 0.1) is 18.4 Å². The number of likely N-dealkylation sites (tertiary alicyclic amines) is 1. The van der Waals surface area contributed by atoms with Gasteiger partial charge in [-0.1, -0.05) is 18.2 Å². The number of aryl methyl sites for hydroxylation is 1. The molecule has 0 spiro atoms. The van der Waals surface area contributed by atoms with Gasteiger partial charge < -0.3 is 20.0 Å². The summed E-state index contributed by atoms with van der Waals surface area (Å²) in [6.45, 7) is 2.15. The van der Waals surface area contributed by atoms with Crippen LogP contribution in [0.4, 0.5) is 18.9 Å². The maximum absolute atomic E-state index is 13.3. The second-order valence-electron chi connectivity index (χ2n) is 9.52. The van der Waals surface area contributed by atoms with Gasteiger partial charge in [-0.05, 0) is 68.5 Å². The second kappa shape index (κ2) is 12.5. The maximum atomic E-state index is 13.3. The van der Waals surface area contributed by atoms with Gasteiger partial charge in [-0.15, -0.1) is 0 Å². The van der Waals surface area contributed by atoms with Crippen molar-refractivity contribution in [1.29, 1.82) is 5.26 Å². The molecule has 12 heteroatoms. The van der Waals surface area contributed by atoms with Gasteiger partial charge in [0.1, 0.15) is 17.4 Å². The van der Waals surface area contributed by atoms with Crippen molar-refractivity contribution >= 4 is 34.4 Å². The number of anilines is 1. The number of alkyl halides is 3. The Morgan fingerprint density at radius 2 is 2.02 bits per heavy atom. The van der Waals surface area contributed by atoms with Crippen molar-refractivity contribution in [2.45, 2.75) is 44.8 Å². The zero-order chi connectivity index (χ0) is 28.7. The predicted octanol–water partition coefficient (Wildman–Crippen LogP) is 4.34. The molecule has 0 aliphatic carbocycles. The van der Waals surface area contributed by atoms with E-state index in [9.17, 15) is 28.0 Å². The first-order valence-corrected chi connectivity index (χ1v) is 12.8. The number of benzene rings is 2. The van der Waals surface area contributed by atoms with Gasteiger partial charge in [0, 0.05) is 24.2 Å². The molecule has 1 aliphatic rings. The van der Waals surface area contributed by atoms with E-state index in [1.165, 1.54) is 11.0 Å². The van der Waals surface area contributed by atoms with Gasteiger partial charge in [0.25, 0.3) is 0 Å². The lowest BCUT2D eigenvalue weighted by atomic mass is 10.1. The number of amides is 2. The first kappa shape index (κ1) is 28.5. The van der Waals surface area contributed by atoms with Crippen LogP contribution >= 0.6 is 0 Å². The molecule has 3 N–H and O–H groups in total. The number of hydrogen-bond acceptors (Lipinski definition) is 5. The summed E-state index contributed by atoms with van der Waals surface area (Å²) < 4.78 is 44.4. The molecule has 2 aromatic carbocycles. The van der Waals surface area contributed by atoms with Crippen molar-refractivity contribution in [2.24, 2.45) is 4.99 Å². The van der Waals surface area contributed by atoms with Crippen molar-refractivity contribution in [1.82, 2.24) is 15.5 Å². The number of rotatable bonds is 7. The van der Waals surface area contributed by atoms with Gasteiger partial charge in [0.15, 0.2) is 6.19 Å². The molecule has 210 valence electrons. The summed E-state index contributed by atoms with van der Waals surface area (Å²) in [7, 11) is 0. The maximum Gasteiger partial charge on any atom is 0.416 e. The normalized spacial score (nSPS) is 16.4. The highest BCUT2D eigenvalue weighted by Crippen LogP contribution is 2.29. The number of nitrogens with one attached hydrogen (secondary N) is 3. The Balaban J connectivity index is 1.37. The molecule has 0 radical (unpaired) electrons. The number of hydrogen-bond donors (Lipinski definition) is 3. The summed E-state index contributed by atoms with van der Waals surface area (Å²) in [6, 6.07) is 11.4. The van der Waals surface area contributed by atoms with Crippen LogP contribution in [0.2, 0.25) is 0 Å². The molecular weight excluding hydrogens is 525 g/mol. The van der Waals surface area contributed by atoms with Crippen LogP contribution in [-0.2, 0) is 22.2 Å². The van der Waals surface area contributed by atoms with Crippen LogP contribution < -0.4 is 16.0 Å². The molecule has 1 aliphatic heterocycles. The number of guanidine groups is 1. The summed E-state index contributed by atoms with van der Waals surface area (Å²) in [5.74, 6) is 0.112. The summed E-state index contributed by atoms with van der Waals surface area (Å²) in [4.78, 5) is 31.7. The van der Waals surface area contributed by atoms with Crippen LogP contribution in [0.25, 0.3) is 11.0 Å². The van der Waals surface area contributed by atoms with Crippen molar-refractivity contribution in [3.63, 3.8) is 0 Å². The number of furan rings is 1. The Bertz CT molecular complexity index is 1440. The second-order valence-corrected chi connectivity index (χ2v) is 9.52. The van der Waals surface area contributed by atoms with Crippen LogP contribution in [0.1, 0.15) is 36.1 Å². The molecule has 1 aromatic heterocycles. The summed E-state index contributed by atoms with van der Waals surface area (Å²) >= 11 is 0. The van der Waals surface area contributed by atoms with Crippen molar-refractivity contribution in [3.05, 3.63) is 65.4 Å². The minimum absolute atomic E-state index is 0.104. The fourth-order valence-corrected chi connectivity index (χ4v) is 4.54. The lowest BCUT2D eigenvalue weighted by Crippen LogP contribution is -2.44. The number of halogens is 3. The first-order chi connectivity index (χ1) is 19.1. The third kappa shape index (κ3) is 7.53. The third-order valence-corrected chi connectivity index (χ3v) is 6.44. The zero-order valence-corrected chi connectivity index (χ0v) is 21.8. The Morgan fingerprint density at radius 1 is 1.20 bits per heavy atom. The number of nitriles is 1. The zero-order valence-electron chi connectivity index (χ0n) is 21.8. The van der Waals surface area contributed by atoms with Gasteiger partial charge in [-0.3, -0.25) is 14.9 Å². The molecule has 9 nitrogen and oxygen atoms in total. The largest absolute Gasteiger partial charge is 0.461 e. The van der Waals surface area contributed by atoms with E-state index in [0.29, 0.717) is 37.1 Å². The van der Waals surface area contributed by atoms with E-state index in [1.807, 2.05) is 25.2 Å². The third-order valence-electron chi connectivity index (χ3n) is 6.44. The minimum Gasteiger partial charge on any atom is -0.461 e.